The normalized spacial score (nSPS) is 14.4. The maximum absolute atomic E-state index is 10.4. The SMILES string of the molecule is CN1C(=O)CNC1=O.Cc1ccccc1. The number of aryl methyl sites for hydroxylation is 1. The number of benzene rings is 1. The number of likely N-dealkylation sites (N-methyl/N-ethyl adjacent to an activating group) is 1. The van der Waals surface area contributed by atoms with Gasteiger partial charge in [0, 0.05) is 7.05 Å². The van der Waals surface area contributed by atoms with Crippen LogP contribution in [0.5, 0.6) is 0 Å². The summed E-state index contributed by atoms with van der Waals surface area (Å²) in [6.45, 7) is 2.23. The molecule has 15 heavy (non-hydrogen) atoms. The van der Waals surface area contributed by atoms with E-state index in [0.717, 1.165) is 4.90 Å². The minimum Gasteiger partial charge on any atom is -0.329 e. The van der Waals surface area contributed by atoms with Crippen LogP contribution in [0.4, 0.5) is 4.79 Å². The molecule has 80 valence electrons. The first-order valence-corrected chi connectivity index (χ1v) is 4.67. The number of rotatable bonds is 0. The molecule has 1 saturated heterocycles. The number of hydrogen-bond acceptors (Lipinski definition) is 2. The smallest absolute Gasteiger partial charge is 0.324 e. The van der Waals surface area contributed by atoms with E-state index in [2.05, 4.69) is 24.4 Å². The molecule has 1 fully saturated rings. The van der Waals surface area contributed by atoms with Crippen molar-refractivity contribution < 1.29 is 9.59 Å². The molecule has 0 bridgehead atoms. The molecule has 1 aliphatic rings. The second kappa shape index (κ2) is 5.14. The van der Waals surface area contributed by atoms with Crippen molar-refractivity contribution in [1.29, 1.82) is 0 Å². The molecule has 0 spiro atoms. The quantitative estimate of drug-likeness (QED) is 0.648. The average Bonchev–Trinajstić information content (AvgIpc) is 2.52. The van der Waals surface area contributed by atoms with Crippen LogP contribution in [-0.2, 0) is 4.79 Å². The summed E-state index contributed by atoms with van der Waals surface area (Å²) in [5.41, 5.74) is 1.32. The summed E-state index contributed by atoms with van der Waals surface area (Å²) in [4.78, 5) is 21.9. The molecule has 1 heterocycles. The molecule has 4 heteroatoms. The molecule has 0 aliphatic carbocycles. The lowest BCUT2D eigenvalue weighted by molar-refractivity contribution is -0.124. The summed E-state index contributed by atoms with van der Waals surface area (Å²) in [6.07, 6.45) is 0. The van der Waals surface area contributed by atoms with Crippen LogP contribution in [0.2, 0.25) is 0 Å². The highest BCUT2D eigenvalue weighted by Gasteiger charge is 2.23. The number of amides is 3. The maximum Gasteiger partial charge on any atom is 0.324 e. The molecule has 0 radical (unpaired) electrons. The summed E-state index contributed by atoms with van der Waals surface area (Å²) >= 11 is 0. The number of carbonyl (C=O) groups excluding carboxylic acids is 2. The first-order valence-electron chi connectivity index (χ1n) is 4.67. The van der Waals surface area contributed by atoms with E-state index < -0.39 is 0 Å². The lowest BCUT2D eigenvalue weighted by atomic mass is 10.2. The fourth-order valence-electron chi connectivity index (χ4n) is 1.04. The highest BCUT2D eigenvalue weighted by Crippen LogP contribution is 1.92. The van der Waals surface area contributed by atoms with Gasteiger partial charge in [-0.3, -0.25) is 9.69 Å². The molecule has 0 atom stereocenters. The Balaban J connectivity index is 0.000000151. The van der Waals surface area contributed by atoms with E-state index in [9.17, 15) is 9.59 Å². The fourth-order valence-corrected chi connectivity index (χ4v) is 1.04. The van der Waals surface area contributed by atoms with Gasteiger partial charge < -0.3 is 5.32 Å². The molecule has 0 aromatic heterocycles. The number of carbonyl (C=O) groups is 2. The van der Waals surface area contributed by atoms with Crippen LogP contribution < -0.4 is 5.32 Å². The number of nitrogens with one attached hydrogen (secondary N) is 1. The molecule has 1 aromatic rings. The standard InChI is InChI=1S/C7H8.C4H6N2O2/c1-7-5-3-2-4-6-7;1-6-3(7)2-5-4(6)8/h2-6H,1H3;2H2,1H3,(H,5,8). The lowest BCUT2D eigenvalue weighted by Gasteiger charge is -1.99. The maximum atomic E-state index is 10.4. The molecular weight excluding hydrogens is 192 g/mol. The van der Waals surface area contributed by atoms with Gasteiger partial charge in [-0.1, -0.05) is 35.9 Å². The molecule has 0 saturated carbocycles. The summed E-state index contributed by atoms with van der Waals surface area (Å²) in [7, 11) is 1.45. The summed E-state index contributed by atoms with van der Waals surface area (Å²) < 4.78 is 0. The first kappa shape index (κ1) is 11.2. The van der Waals surface area contributed by atoms with E-state index in [4.69, 9.17) is 0 Å². The summed E-state index contributed by atoms with van der Waals surface area (Å²) in [6, 6.07) is 9.95. The summed E-state index contributed by atoms with van der Waals surface area (Å²) in [5.74, 6) is -0.171. The Labute approximate surface area is 88.9 Å². The van der Waals surface area contributed by atoms with Gasteiger partial charge in [0.15, 0.2) is 0 Å². The zero-order chi connectivity index (χ0) is 11.3. The van der Waals surface area contributed by atoms with Gasteiger partial charge in [0.1, 0.15) is 0 Å². The number of urea groups is 1. The molecule has 1 aromatic carbocycles. The Morgan fingerprint density at radius 2 is 1.80 bits per heavy atom. The van der Waals surface area contributed by atoms with Crippen LogP contribution in [0, 0.1) is 6.92 Å². The predicted molar refractivity (Wildman–Crippen MR) is 57.3 cm³/mol. The molecule has 1 N–H and O–H groups in total. The largest absolute Gasteiger partial charge is 0.329 e. The van der Waals surface area contributed by atoms with Crippen LogP contribution >= 0.6 is 0 Å². The highest BCUT2D eigenvalue weighted by molar-refractivity contribution is 6.01. The fraction of sp³-hybridized carbons (Fsp3) is 0.273. The highest BCUT2D eigenvalue weighted by atomic mass is 16.2. The van der Waals surface area contributed by atoms with E-state index in [1.807, 2.05) is 18.2 Å². The van der Waals surface area contributed by atoms with Crippen LogP contribution in [0.3, 0.4) is 0 Å². The van der Waals surface area contributed by atoms with Gasteiger partial charge in [-0.15, -0.1) is 0 Å². The molecule has 3 amide bonds. The Kier molecular flexibility index (Phi) is 3.85. The van der Waals surface area contributed by atoms with E-state index in [0.29, 0.717) is 0 Å². The van der Waals surface area contributed by atoms with Crippen LogP contribution in [0.25, 0.3) is 0 Å². The topological polar surface area (TPSA) is 49.4 Å². The van der Waals surface area contributed by atoms with Crippen molar-refractivity contribution in [3.63, 3.8) is 0 Å². The van der Waals surface area contributed by atoms with Gasteiger partial charge in [-0.2, -0.15) is 0 Å². The van der Waals surface area contributed by atoms with Crippen LogP contribution in [0.15, 0.2) is 30.3 Å². The Bertz CT molecular complexity index is 333. The van der Waals surface area contributed by atoms with Crippen molar-refractivity contribution in [3.05, 3.63) is 35.9 Å². The molecule has 1 aliphatic heterocycles. The van der Waals surface area contributed by atoms with Gasteiger partial charge in [-0.25, -0.2) is 4.79 Å². The van der Waals surface area contributed by atoms with Crippen molar-refractivity contribution in [1.82, 2.24) is 10.2 Å². The zero-order valence-electron chi connectivity index (χ0n) is 8.86. The van der Waals surface area contributed by atoms with Gasteiger partial charge in [0.2, 0.25) is 5.91 Å². The van der Waals surface area contributed by atoms with Crippen molar-refractivity contribution in [2.24, 2.45) is 0 Å². The number of hydrogen-bond donors (Lipinski definition) is 1. The summed E-state index contributed by atoms with van der Waals surface area (Å²) in [5, 5.41) is 2.36. The third-order valence-corrected chi connectivity index (χ3v) is 2.01. The van der Waals surface area contributed by atoms with Crippen LogP contribution in [0.1, 0.15) is 5.56 Å². The first-order chi connectivity index (χ1) is 7.11. The second-order valence-corrected chi connectivity index (χ2v) is 3.27. The zero-order valence-corrected chi connectivity index (χ0v) is 8.86. The third kappa shape index (κ3) is 3.42. The van der Waals surface area contributed by atoms with Crippen molar-refractivity contribution >= 4 is 11.9 Å². The Hall–Kier alpha value is -1.84. The number of imide groups is 1. The van der Waals surface area contributed by atoms with E-state index in [1.54, 1.807) is 0 Å². The number of nitrogens with zero attached hydrogens (tertiary/aromatic N) is 1. The van der Waals surface area contributed by atoms with E-state index in [1.165, 1.54) is 12.6 Å². The van der Waals surface area contributed by atoms with Gasteiger partial charge in [-0.05, 0) is 6.92 Å². The Morgan fingerprint density at radius 1 is 1.20 bits per heavy atom. The predicted octanol–water partition coefficient (Wildman–Crippen LogP) is 1.16. The van der Waals surface area contributed by atoms with E-state index >= 15 is 0 Å². The lowest BCUT2D eigenvalue weighted by Crippen LogP contribution is -2.25. The average molecular weight is 206 g/mol. The second-order valence-electron chi connectivity index (χ2n) is 3.27. The van der Waals surface area contributed by atoms with Gasteiger partial charge in [0.25, 0.3) is 0 Å². The minimum atomic E-state index is -0.310. The van der Waals surface area contributed by atoms with Gasteiger partial charge in [0.05, 0.1) is 6.54 Å². The third-order valence-electron chi connectivity index (χ3n) is 2.01. The minimum absolute atomic E-state index is 0.148. The monoisotopic (exact) mass is 206 g/mol. The molecule has 4 nitrogen and oxygen atoms in total. The molecule has 0 unspecified atom stereocenters. The van der Waals surface area contributed by atoms with Crippen LogP contribution in [-0.4, -0.2) is 30.4 Å². The van der Waals surface area contributed by atoms with E-state index in [-0.39, 0.29) is 18.5 Å². The van der Waals surface area contributed by atoms with Crippen molar-refractivity contribution in [3.8, 4) is 0 Å². The molecular formula is C11H14N2O2. The van der Waals surface area contributed by atoms with Crippen molar-refractivity contribution in [2.45, 2.75) is 6.92 Å². The van der Waals surface area contributed by atoms with Gasteiger partial charge >= 0.3 is 6.03 Å². The Morgan fingerprint density at radius 3 is 2.00 bits per heavy atom. The van der Waals surface area contributed by atoms with Crippen molar-refractivity contribution in [2.75, 3.05) is 13.6 Å². The molecule has 2 rings (SSSR count).